The van der Waals surface area contributed by atoms with Gasteiger partial charge in [0.15, 0.2) is 0 Å². The number of nitrogens with two attached hydrogens (primary N) is 1. The van der Waals surface area contributed by atoms with Crippen LogP contribution >= 0.6 is 0 Å². The Morgan fingerprint density at radius 1 is 1.45 bits per heavy atom. The normalized spacial score (nSPS) is 16.4. The molecular weight excluding hydrogens is 140 g/mol. The average Bonchev–Trinajstić information content (AvgIpc) is 2.05. The molecule has 3 heteroatoms. The van der Waals surface area contributed by atoms with E-state index < -0.39 is 0 Å². The van der Waals surface area contributed by atoms with Crippen molar-refractivity contribution in [2.75, 3.05) is 7.11 Å². The van der Waals surface area contributed by atoms with E-state index in [1.54, 1.807) is 7.11 Å². The van der Waals surface area contributed by atoms with E-state index in [2.05, 4.69) is 19.3 Å². The molecule has 2 unspecified atom stereocenters. The molecule has 0 aliphatic heterocycles. The lowest BCUT2D eigenvalue weighted by Gasteiger charge is -2.23. The molecule has 0 saturated carbocycles. The van der Waals surface area contributed by atoms with Gasteiger partial charge >= 0.3 is 0 Å². The van der Waals surface area contributed by atoms with Gasteiger partial charge in [-0.2, -0.15) is 0 Å². The van der Waals surface area contributed by atoms with Gasteiger partial charge < -0.3 is 4.74 Å². The largest absolute Gasteiger partial charge is 0.380 e. The molecule has 68 valence electrons. The van der Waals surface area contributed by atoms with E-state index in [1.807, 2.05) is 0 Å². The second kappa shape index (κ2) is 6.58. The fraction of sp³-hybridized carbons (Fsp3) is 1.00. The number of rotatable bonds is 6. The molecule has 3 N–H and O–H groups in total. The molecule has 0 aromatic carbocycles. The highest BCUT2D eigenvalue weighted by Gasteiger charge is 2.16. The summed E-state index contributed by atoms with van der Waals surface area (Å²) in [6.07, 6.45) is 3.47. The number of hydrazine groups is 1. The molecule has 0 bridgehead atoms. The van der Waals surface area contributed by atoms with Crippen LogP contribution in [0.1, 0.15) is 33.1 Å². The Labute approximate surface area is 69.3 Å². The van der Waals surface area contributed by atoms with Gasteiger partial charge in [-0.1, -0.05) is 20.3 Å². The van der Waals surface area contributed by atoms with Crippen molar-refractivity contribution in [3.05, 3.63) is 0 Å². The maximum absolute atomic E-state index is 5.36. The van der Waals surface area contributed by atoms with E-state index in [1.165, 1.54) is 0 Å². The van der Waals surface area contributed by atoms with Gasteiger partial charge in [0.2, 0.25) is 0 Å². The molecule has 0 aromatic heterocycles. The summed E-state index contributed by atoms with van der Waals surface area (Å²) in [6, 6.07) is 0.292. The van der Waals surface area contributed by atoms with Crippen molar-refractivity contribution in [3.8, 4) is 0 Å². The third-order valence-corrected chi connectivity index (χ3v) is 1.98. The van der Waals surface area contributed by atoms with Crippen LogP contribution in [-0.2, 0) is 4.74 Å². The summed E-state index contributed by atoms with van der Waals surface area (Å²) in [5.74, 6) is 5.36. The van der Waals surface area contributed by atoms with Crippen LogP contribution in [-0.4, -0.2) is 19.3 Å². The lowest BCUT2D eigenvalue weighted by molar-refractivity contribution is 0.0597. The van der Waals surface area contributed by atoms with E-state index in [0.717, 1.165) is 19.3 Å². The van der Waals surface area contributed by atoms with Gasteiger partial charge in [-0.25, -0.2) is 0 Å². The first-order valence-corrected chi connectivity index (χ1v) is 4.29. The summed E-state index contributed by atoms with van der Waals surface area (Å²) in [5, 5.41) is 0. The quantitative estimate of drug-likeness (QED) is 0.451. The van der Waals surface area contributed by atoms with Gasteiger partial charge in [-0.05, 0) is 12.8 Å². The molecular formula is C8H20N2O. The van der Waals surface area contributed by atoms with Gasteiger partial charge in [0.1, 0.15) is 0 Å². The molecule has 0 aromatic rings. The standard InChI is InChI=1S/C8H20N2O/c1-4-6-8(11-3)7(5-2)10-9/h7-8,10H,4-6,9H2,1-3H3. The van der Waals surface area contributed by atoms with Crippen molar-refractivity contribution in [2.45, 2.75) is 45.3 Å². The Hall–Kier alpha value is -0.120. The minimum absolute atomic E-state index is 0.259. The number of hydrogen-bond acceptors (Lipinski definition) is 3. The summed E-state index contributed by atoms with van der Waals surface area (Å²) in [5.41, 5.74) is 2.76. The monoisotopic (exact) mass is 160 g/mol. The summed E-state index contributed by atoms with van der Waals surface area (Å²) in [4.78, 5) is 0. The molecule has 0 aliphatic carbocycles. The molecule has 0 saturated heterocycles. The first-order chi connectivity index (χ1) is 5.29. The van der Waals surface area contributed by atoms with E-state index in [0.29, 0.717) is 6.04 Å². The zero-order valence-corrected chi connectivity index (χ0v) is 7.76. The second-order valence-corrected chi connectivity index (χ2v) is 2.74. The van der Waals surface area contributed by atoms with Crippen LogP contribution in [0.5, 0.6) is 0 Å². The molecule has 11 heavy (non-hydrogen) atoms. The van der Waals surface area contributed by atoms with Crippen LogP contribution in [0.3, 0.4) is 0 Å². The highest BCUT2D eigenvalue weighted by Crippen LogP contribution is 2.08. The Bertz CT molecular complexity index is 84.2. The van der Waals surface area contributed by atoms with Crippen LogP contribution in [0.25, 0.3) is 0 Å². The summed E-state index contributed by atoms with van der Waals surface area (Å²) < 4.78 is 5.29. The molecule has 0 fully saturated rings. The summed E-state index contributed by atoms with van der Waals surface area (Å²) in [7, 11) is 1.74. The SMILES string of the molecule is CCCC(OC)C(CC)NN. The fourth-order valence-electron chi connectivity index (χ4n) is 1.26. The molecule has 0 heterocycles. The zero-order chi connectivity index (χ0) is 8.69. The van der Waals surface area contributed by atoms with Gasteiger partial charge in [-0.15, -0.1) is 0 Å². The van der Waals surface area contributed by atoms with Gasteiger partial charge in [0.05, 0.1) is 6.10 Å². The lowest BCUT2D eigenvalue weighted by Crippen LogP contribution is -2.44. The number of ether oxygens (including phenoxy) is 1. The van der Waals surface area contributed by atoms with Crippen molar-refractivity contribution in [2.24, 2.45) is 5.84 Å². The lowest BCUT2D eigenvalue weighted by atomic mass is 10.0. The van der Waals surface area contributed by atoms with Crippen LogP contribution in [0, 0.1) is 0 Å². The smallest absolute Gasteiger partial charge is 0.0737 e. The topological polar surface area (TPSA) is 47.3 Å². The Balaban J connectivity index is 3.76. The predicted molar refractivity (Wildman–Crippen MR) is 47.1 cm³/mol. The number of nitrogens with one attached hydrogen (secondary N) is 1. The predicted octanol–water partition coefficient (Wildman–Crippen LogP) is 1.04. The molecule has 0 aliphatic rings. The van der Waals surface area contributed by atoms with Crippen LogP contribution in [0.4, 0.5) is 0 Å². The molecule has 0 rings (SSSR count). The van der Waals surface area contributed by atoms with Crippen molar-refractivity contribution >= 4 is 0 Å². The number of methoxy groups -OCH3 is 1. The zero-order valence-electron chi connectivity index (χ0n) is 7.76. The first kappa shape index (κ1) is 10.9. The van der Waals surface area contributed by atoms with Crippen molar-refractivity contribution in [1.29, 1.82) is 0 Å². The van der Waals surface area contributed by atoms with E-state index in [9.17, 15) is 0 Å². The van der Waals surface area contributed by atoms with Gasteiger partial charge in [0.25, 0.3) is 0 Å². The van der Waals surface area contributed by atoms with Crippen LogP contribution < -0.4 is 11.3 Å². The Morgan fingerprint density at radius 2 is 2.09 bits per heavy atom. The van der Waals surface area contributed by atoms with E-state index >= 15 is 0 Å². The van der Waals surface area contributed by atoms with Gasteiger partial charge in [-0.3, -0.25) is 11.3 Å². The third-order valence-electron chi connectivity index (χ3n) is 1.98. The Morgan fingerprint density at radius 3 is 2.36 bits per heavy atom. The van der Waals surface area contributed by atoms with Gasteiger partial charge in [0, 0.05) is 13.2 Å². The fourth-order valence-corrected chi connectivity index (χ4v) is 1.26. The van der Waals surface area contributed by atoms with Crippen molar-refractivity contribution < 1.29 is 4.74 Å². The Kier molecular flexibility index (Phi) is 6.51. The minimum Gasteiger partial charge on any atom is -0.380 e. The van der Waals surface area contributed by atoms with E-state index in [4.69, 9.17) is 10.6 Å². The van der Waals surface area contributed by atoms with Crippen molar-refractivity contribution in [3.63, 3.8) is 0 Å². The van der Waals surface area contributed by atoms with E-state index in [-0.39, 0.29) is 6.10 Å². The first-order valence-electron chi connectivity index (χ1n) is 4.29. The summed E-state index contributed by atoms with van der Waals surface area (Å²) >= 11 is 0. The highest BCUT2D eigenvalue weighted by atomic mass is 16.5. The van der Waals surface area contributed by atoms with Crippen LogP contribution in [0.2, 0.25) is 0 Å². The maximum atomic E-state index is 5.36. The molecule has 3 nitrogen and oxygen atoms in total. The number of hydrogen-bond donors (Lipinski definition) is 2. The van der Waals surface area contributed by atoms with Crippen LogP contribution in [0.15, 0.2) is 0 Å². The minimum atomic E-state index is 0.259. The molecule has 0 radical (unpaired) electrons. The molecule has 0 spiro atoms. The average molecular weight is 160 g/mol. The maximum Gasteiger partial charge on any atom is 0.0737 e. The summed E-state index contributed by atoms with van der Waals surface area (Å²) in [6.45, 7) is 4.25. The molecule has 0 amide bonds. The van der Waals surface area contributed by atoms with Crippen molar-refractivity contribution in [1.82, 2.24) is 5.43 Å². The third kappa shape index (κ3) is 3.70. The molecule has 2 atom stereocenters. The second-order valence-electron chi connectivity index (χ2n) is 2.74. The highest BCUT2D eigenvalue weighted by molar-refractivity contribution is 4.72.